The number of benzene rings is 2. The molecule has 6 heteroatoms. The van der Waals surface area contributed by atoms with Crippen LogP contribution in [0.3, 0.4) is 0 Å². The number of amides is 1. The first-order valence-electron chi connectivity index (χ1n) is 8.18. The smallest absolute Gasteiger partial charge is 0.271 e. The molecule has 0 fully saturated rings. The Hall–Kier alpha value is -2.89. The number of non-ortho nitro benzene ring substituents is 1. The normalized spacial score (nSPS) is 11.6. The number of hydrogen-bond acceptors (Lipinski definition) is 4. The van der Waals surface area contributed by atoms with Gasteiger partial charge in [0.15, 0.2) is 6.61 Å². The summed E-state index contributed by atoms with van der Waals surface area (Å²) in [4.78, 5) is 22.4. The lowest BCUT2D eigenvalue weighted by Crippen LogP contribution is -2.20. The monoisotopic (exact) mass is 342 g/mol. The fourth-order valence-corrected chi connectivity index (χ4v) is 2.32. The number of carbonyl (C=O) groups excluding carboxylic acids is 1. The molecule has 1 atom stereocenters. The predicted octanol–water partition coefficient (Wildman–Crippen LogP) is 4.43. The highest BCUT2D eigenvalue weighted by atomic mass is 16.6. The summed E-state index contributed by atoms with van der Waals surface area (Å²) in [5.74, 6) is 0.724. The van der Waals surface area contributed by atoms with Crippen molar-refractivity contribution in [3.05, 3.63) is 63.7 Å². The average molecular weight is 342 g/mol. The first kappa shape index (κ1) is 18.4. The molecule has 0 unspecified atom stereocenters. The molecule has 2 aromatic rings. The number of nitro benzene ring substituents is 1. The van der Waals surface area contributed by atoms with E-state index in [0.29, 0.717) is 17.4 Å². The Labute approximate surface area is 147 Å². The number of aryl methyl sites for hydroxylation is 1. The van der Waals surface area contributed by atoms with Gasteiger partial charge in [-0.1, -0.05) is 32.0 Å². The van der Waals surface area contributed by atoms with Gasteiger partial charge in [0.1, 0.15) is 5.75 Å². The zero-order valence-corrected chi connectivity index (χ0v) is 14.6. The molecule has 0 aliphatic heterocycles. The van der Waals surface area contributed by atoms with Crippen LogP contribution in [0.5, 0.6) is 5.75 Å². The van der Waals surface area contributed by atoms with E-state index in [9.17, 15) is 14.9 Å². The number of anilines is 1. The van der Waals surface area contributed by atoms with Crippen molar-refractivity contribution in [2.24, 2.45) is 0 Å². The van der Waals surface area contributed by atoms with Gasteiger partial charge in [-0.05, 0) is 42.5 Å². The van der Waals surface area contributed by atoms with E-state index in [1.54, 1.807) is 13.0 Å². The second-order valence-electron chi connectivity index (χ2n) is 5.97. The Kier molecular flexibility index (Phi) is 6.11. The summed E-state index contributed by atoms with van der Waals surface area (Å²) in [7, 11) is 0. The molecule has 6 nitrogen and oxygen atoms in total. The van der Waals surface area contributed by atoms with Crippen molar-refractivity contribution in [1.82, 2.24) is 0 Å². The maximum absolute atomic E-state index is 12.0. The molecular weight excluding hydrogens is 320 g/mol. The maximum atomic E-state index is 12.0. The van der Waals surface area contributed by atoms with Gasteiger partial charge < -0.3 is 10.1 Å². The van der Waals surface area contributed by atoms with Crippen LogP contribution >= 0.6 is 0 Å². The van der Waals surface area contributed by atoms with Crippen LogP contribution in [0.15, 0.2) is 42.5 Å². The molecule has 2 aromatic carbocycles. The lowest BCUT2D eigenvalue weighted by atomic mass is 9.99. The molecule has 0 saturated heterocycles. The van der Waals surface area contributed by atoms with Gasteiger partial charge in [0.25, 0.3) is 11.6 Å². The maximum Gasteiger partial charge on any atom is 0.271 e. The average Bonchev–Trinajstić information content (AvgIpc) is 2.61. The summed E-state index contributed by atoms with van der Waals surface area (Å²) in [5.41, 5.74) is 2.32. The fourth-order valence-electron chi connectivity index (χ4n) is 2.32. The summed E-state index contributed by atoms with van der Waals surface area (Å²) in [6.45, 7) is 5.90. The minimum atomic E-state index is -0.496. The van der Waals surface area contributed by atoms with E-state index < -0.39 is 4.92 Å². The number of nitro groups is 1. The van der Waals surface area contributed by atoms with E-state index in [1.807, 2.05) is 24.3 Å². The lowest BCUT2D eigenvalue weighted by Gasteiger charge is -2.11. The Bertz CT molecular complexity index is 757. The number of nitrogens with one attached hydrogen (secondary N) is 1. The van der Waals surface area contributed by atoms with E-state index in [1.165, 1.54) is 17.7 Å². The largest absolute Gasteiger partial charge is 0.484 e. The third-order valence-electron chi connectivity index (χ3n) is 4.14. The highest BCUT2D eigenvalue weighted by Gasteiger charge is 2.11. The summed E-state index contributed by atoms with van der Waals surface area (Å²) >= 11 is 0. The van der Waals surface area contributed by atoms with Gasteiger partial charge in [-0.3, -0.25) is 14.9 Å². The van der Waals surface area contributed by atoms with Crippen molar-refractivity contribution in [3.63, 3.8) is 0 Å². The highest BCUT2D eigenvalue weighted by molar-refractivity contribution is 5.93. The first-order valence-corrected chi connectivity index (χ1v) is 8.18. The van der Waals surface area contributed by atoms with Gasteiger partial charge in [0.05, 0.1) is 10.6 Å². The van der Waals surface area contributed by atoms with Crippen molar-refractivity contribution >= 4 is 17.3 Å². The van der Waals surface area contributed by atoms with Crippen LogP contribution in [0.25, 0.3) is 0 Å². The van der Waals surface area contributed by atoms with Gasteiger partial charge in [-0.2, -0.15) is 0 Å². The summed E-state index contributed by atoms with van der Waals surface area (Å²) in [6.07, 6.45) is 1.06. The predicted molar refractivity (Wildman–Crippen MR) is 97.1 cm³/mol. The molecule has 0 aromatic heterocycles. The van der Waals surface area contributed by atoms with E-state index in [-0.39, 0.29) is 18.2 Å². The van der Waals surface area contributed by atoms with Crippen molar-refractivity contribution in [2.75, 3.05) is 11.9 Å². The SMILES string of the molecule is CC[C@H](C)c1ccc(OCC(=O)Nc2cc([N+](=O)[O-])ccc2C)cc1. The third-order valence-corrected chi connectivity index (χ3v) is 4.14. The molecule has 1 N–H and O–H groups in total. The molecular formula is C19H22N2O4. The van der Waals surface area contributed by atoms with E-state index >= 15 is 0 Å². The molecule has 2 rings (SSSR count). The van der Waals surface area contributed by atoms with Crippen molar-refractivity contribution < 1.29 is 14.5 Å². The fraction of sp³-hybridized carbons (Fsp3) is 0.316. The van der Waals surface area contributed by atoms with E-state index in [2.05, 4.69) is 19.2 Å². The second-order valence-corrected chi connectivity index (χ2v) is 5.97. The van der Waals surface area contributed by atoms with Crippen LogP contribution in [0.4, 0.5) is 11.4 Å². The molecule has 0 bridgehead atoms. The summed E-state index contributed by atoms with van der Waals surface area (Å²) in [6, 6.07) is 12.0. The molecule has 0 aliphatic rings. The lowest BCUT2D eigenvalue weighted by molar-refractivity contribution is -0.384. The summed E-state index contributed by atoms with van der Waals surface area (Å²) in [5, 5.41) is 13.5. The Balaban J connectivity index is 1.95. The Morgan fingerprint density at radius 3 is 2.52 bits per heavy atom. The van der Waals surface area contributed by atoms with Crippen LogP contribution in [0, 0.1) is 17.0 Å². The minimum Gasteiger partial charge on any atom is -0.484 e. The molecule has 0 heterocycles. The van der Waals surface area contributed by atoms with Gasteiger partial charge in [0.2, 0.25) is 0 Å². The van der Waals surface area contributed by atoms with E-state index in [0.717, 1.165) is 12.0 Å². The van der Waals surface area contributed by atoms with Crippen LogP contribution in [0.1, 0.15) is 37.3 Å². The highest BCUT2D eigenvalue weighted by Crippen LogP contribution is 2.23. The minimum absolute atomic E-state index is 0.0672. The van der Waals surface area contributed by atoms with Crippen molar-refractivity contribution in [2.45, 2.75) is 33.1 Å². The van der Waals surface area contributed by atoms with Crippen LogP contribution < -0.4 is 10.1 Å². The molecule has 1 amide bonds. The van der Waals surface area contributed by atoms with Crippen LogP contribution in [-0.4, -0.2) is 17.4 Å². The van der Waals surface area contributed by atoms with Gasteiger partial charge >= 0.3 is 0 Å². The Morgan fingerprint density at radius 2 is 1.92 bits per heavy atom. The third kappa shape index (κ3) is 5.04. The number of ether oxygens (including phenoxy) is 1. The van der Waals surface area contributed by atoms with Gasteiger partial charge in [-0.25, -0.2) is 0 Å². The second kappa shape index (κ2) is 8.28. The number of rotatable bonds is 7. The summed E-state index contributed by atoms with van der Waals surface area (Å²) < 4.78 is 5.48. The molecule has 0 saturated carbocycles. The molecule has 0 spiro atoms. The standard InChI is InChI=1S/C19H22N2O4/c1-4-13(2)15-6-9-17(10-7-15)25-12-19(22)20-18-11-16(21(23)24)8-5-14(18)3/h5-11,13H,4,12H2,1-3H3,(H,20,22)/t13-/m0/s1. The number of carbonyl (C=O) groups is 1. The van der Waals surface area contributed by atoms with Crippen LogP contribution in [-0.2, 0) is 4.79 Å². The topological polar surface area (TPSA) is 81.5 Å². The molecule has 0 aliphatic carbocycles. The molecule has 25 heavy (non-hydrogen) atoms. The van der Waals surface area contributed by atoms with Gasteiger partial charge in [0, 0.05) is 12.1 Å². The molecule has 0 radical (unpaired) electrons. The Morgan fingerprint density at radius 1 is 1.24 bits per heavy atom. The first-order chi connectivity index (χ1) is 11.9. The number of nitrogens with zero attached hydrogens (tertiary/aromatic N) is 1. The van der Waals surface area contributed by atoms with Crippen molar-refractivity contribution in [1.29, 1.82) is 0 Å². The van der Waals surface area contributed by atoms with Crippen LogP contribution in [0.2, 0.25) is 0 Å². The van der Waals surface area contributed by atoms with Gasteiger partial charge in [-0.15, -0.1) is 0 Å². The zero-order chi connectivity index (χ0) is 18.4. The molecule has 132 valence electrons. The van der Waals surface area contributed by atoms with Crippen molar-refractivity contribution in [3.8, 4) is 5.75 Å². The zero-order valence-electron chi connectivity index (χ0n) is 14.6. The number of hydrogen-bond donors (Lipinski definition) is 1. The van der Waals surface area contributed by atoms with E-state index in [4.69, 9.17) is 4.74 Å². The quantitative estimate of drug-likeness (QED) is 0.596.